The maximum absolute atomic E-state index is 12.8. The predicted molar refractivity (Wildman–Crippen MR) is 131 cm³/mol. The summed E-state index contributed by atoms with van der Waals surface area (Å²) in [5.41, 5.74) is 7.02. The van der Waals surface area contributed by atoms with E-state index in [4.69, 9.17) is 10.8 Å². The average Bonchev–Trinajstić information content (AvgIpc) is 2.86. The van der Waals surface area contributed by atoms with Gasteiger partial charge in [-0.2, -0.15) is 0 Å². The minimum absolute atomic E-state index is 0.00429. The van der Waals surface area contributed by atoms with Crippen molar-refractivity contribution in [2.45, 2.75) is 43.8 Å². The van der Waals surface area contributed by atoms with Crippen LogP contribution < -0.4 is 21.7 Å². The minimum Gasteiger partial charge on any atom is -0.508 e. The van der Waals surface area contributed by atoms with Crippen molar-refractivity contribution in [1.82, 2.24) is 16.0 Å². The fourth-order valence-electron chi connectivity index (χ4n) is 3.35. The fourth-order valence-corrected chi connectivity index (χ4v) is 3.35. The van der Waals surface area contributed by atoms with E-state index in [1.54, 1.807) is 42.5 Å². The van der Waals surface area contributed by atoms with E-state index in [1.807, 2.05) is 0 Å². The number of carboxylic acid groups (broad SMARTS) is 2. The first-order valence-electron chi connectivity index (χ1n) is 11.4. The normalized spacial score (nSPS) is 13.0. The van der Waals surface area contributed by atoms with Crippen molar-refractivity contribution < 1.29 is 39.3 Å². The Hall–Kier alpha value is -4.45. The van der Waals surface area contributed by atoms with Crippen molar-refractivity contribution in [1.29, 1.82) is 0 Å². The number of aromatic hydroxyl groups is 1. The summed E-state index contributed by atoms with van der Waals surface area (Å²) in [5, 5.41) is 34.9. The standard InChI is InChI=1S/C25H30N4O8/c26-18(10-11-22(32)33)23(34)29-19(12-16-6-8-17(30)9-7-16)24(35)27-14-21(31)28-20(25(36)37)13-15-4-2-1-3-5-15/h1-9,18-20,30H,10-14,26H2,(H,27,35)(H,28,31)(H,29,34)(H,32,33)(H,36,37). The number of carboxylic acids is 2. The molecule has 198 valence electrons. The number of benzene rings is 2. The van der Waals surface area contributed by atoms with Crippen LogP contribution in [0.4, 0.5) is 0 Å². The summed E-state index contributed by atoms with van der Waals surface area (Å²) < 4.78 is 0. The number of nitrogens with two attached hydrogens (primary N) is 1. The summed E-state index contributed by atoms with van der Waals surface area (Å²) >= 11 is 0. The molecular weight excluding hydrogens is 484 g/mol. The van der Waals surface area contributed by atoms with Crippen LogP contribution in [0.5, 0.6) is 5.75 Å². The van der Waals surface area contributed by atoms with Crippen molar-refractivity contribution in [2.75, 3.05) is 6.54 Å². The largest absolute Gasteiger partial charge is 0.508 e. The van der Waals surface area contributed by atoms with Gasteiger partial charge in [-0.1, -0.05) is 42.5 Å². The Morgan fingerprint density at radius 2 is 1.38 bits per heavy atom. The molecule has 2 rings (SSSR count). The number of nitrogens with one attached hydrogen (secondary N) is 3. The lowest BCUT2D eigenvalue weighted by Crippen LogP contribution is -2.54. The zero-order valence-corrected chi connectivity index (χ0v) is 19.9. The Morgan fingerprint density at radius 1 is 0.784 bits per heavy atom. The first kappa shape index (κ1) is 28.8. The molecule has 8 N–H and O–H groups in total. The topological polar surface area (TPSA) is 208 Å². The van der Waals surface area contributed by atoms with Crippen molar-refractivity contribution in [2.24, 2.45) is 5.73 Å². The summed E-state index contributed by atoms with van der Waals surface area (Å²) in [6.45, 7) is -0.551. The number of rotatable bonds is 14. The fraction of sp³-hybridized carbons (Fsp3) is 0.320. The van der Waals surface area contributed by atoms with E-state index in [2.05, 4.69) is 16.0 Å². The predicted octanol–water partition coefficient (Wildman–Crippen LogP) is -0.460. The van der Waals surface area contributed by atoms with E-state index in [1.165, 1.54) is 12.1 Å². The van der Waals surface area contributed by atoms with Crippen LogP contribution in [-0.2, 0) is 36.8 Å². The van der Waals surface area contributed by atoms with Crippen LogP contribution in [0.1, 0.15) is 24.0 Å². The van der Waals surface area contributed by atoms with Crippen LogP contribution in [-0.4, -0.2) is 69.7 Å². The number of phenolic OH excluding ortho intramolecular Hbond substituents is 1. The van der Waals surface area contributed by atoms with Crippen molar-refractivity contribution in [3.8, 4) is 5.75 Å². The van der Waals surface area contributed by atoms with Gasteiger partial charge in [-0.25, -0.2) is 4.79 Å². The number of aliphatic carboxylic acids is 2. The number of carbonyl (C=O) groups excluding carboxylic acids is 3. The van der Waals surface area contributed by atoms with Crippen molar-refractivity contribution in [3.63, 3.8) is 0 Å². The second kappa shape index (κ2) is 14.2. The molecule has 3 unspecified atom stereocenters. The first-order chi connectivity index (χ1) is 17.5. The monoisotopic (exact) mass is 514 g/mol. The smallest absolute Gasteiger partial charge is 0.326 e. The lowest BCUT2D eigenvalue weighted by molar-refractivity contribution is -0.141. The second-order valence-corrected chi connectivity index (χ2v) is 8.34. The highest BCUT2D eigenvalue weighted by atomic mass is 16.4. The molecule has 3 amide bonds. The summed E-state index contributed by atoms with van der Waals surface area (Å²) in [6.07, 6.45) is -0.451. The molecular formula is C25H30N4O8. The molecule has 0 bridgehead atoms. The Balaban J connectivity index is 2.02. The van der Waals surface area contributed by atoms with Gasteiger partial charge >= 0.3 is 11.9 Å². The Labute approximate surface area is 212 Å². The average molecular weight is 515 g/mol. The maximum atomic E-state index is 12.8. The molecule has 12 heteroatoms. The van der Waals surface area contributed by atoms with E-state index in [-0.39, 0.29) is 31.4 Å². The quantitative estimate of drug-likeness (QED) is 0.174. The molecule has 0 aliphatic heterocycles. The van der Waals surface area contributed by atoms with Crippen LogP contribution in [0.25, 0.3) is 0 Å². The van der Waals surface area contributed by atoms with Gasteiger partial charge < -0.3 is 37.0 Å². The molecule has 0 aliphatic carbocycles. The SMILES string of the molecule is NC(CCC(=O)O)C(=O)NC(Cc1ccc(O)cc1)C(=O)NCC(=O)NC(Cc1ccccc1)C(=O)O. The molecule has 0 radical (unpaired) electrons. The zero-order chi connectivity index (χ0) is 27.4. The number of phenols is 1. The summed E-state index contributed by atoms with van der Waals surface area (Å²) in [5.74, 6) is -4.60. The number of amides is 3. The van der Waals surface area contributed by atoms with Crippen LogP contribution in [0.2, 0.25) is 0 Å². The molecule has 2 aromatic rings. The molecule has 0 aromatic heterocycles. The third-order valence-corrected chi connectivity index (χ3v) is 5.35. The van der Waals surface area contributed by atoms with E-state index in [0.29, 0.717) is 11.1 Å². The zero-order valence-electron chi connectivity index (χ0n) is 19.9. The van der Waals surface area contributed by atoms with Gasteiger partial charge in [0.1, 0.15) is 17.8 Å². The first-order valence-corrected chi connectivity index (χ1v) is 11.4. The minimum atomic E-state index is -1.24. The van der Waals surface area contributed by atoms with Crippen LogP contribution in [0.15, 0.2) is 54.6 Å². The molecule has 0 saturated heterocycles. The third-order valence-electron chi connectivity index (χ3n) is 5.35. The molecule has 12 nitrogen and oxygen atoms in total. The Kier molecular flexibility index (Phi) is 11.0. The summed E-state index contributed by atoms with van der Waals surface area (Å²) in [4.78, 5) is 60.0. The molecule has 0 fully saturated rings. The summed E-state index contributed by atoms with van der Waals surface area (Å²) in [7, 11) is 0. The van der Waals surface area contributed by atoms with Crippen LogP contribution >= 0.6 is 0 Å². The highest BCUT2D eigenvalue weighted by Crippen LogP contribution is 2.12. The van der Waals surface area contributed by atoms with Gasteiger partial charge in [-0.15, -0.1) is 0 Å². The van der Waals surface area contributed by atoms with E-state index in [9.17, 15) is 34.2 Å². The van der Waals surface area contributed by atoms with Gasteiger partial charge in [0.15, 0.2) is 0 Å². The number of hydrogen-bond acceptors (Lipinski definition) is 7. The van der Waals surface area contributed by atoms with Gasteiger partial charge in [0.2, 0.25) is 17.7 Å². The molecule has 37 heavy (non-hydrogen) atoms. The Morgan fingerprint density at radius 3 is 1.97 bits per heavy atom. The number of hydrogen-bond donors (Lipinski definition) is 7. The van der Waals surface area contributed by atoms with E-state index < -0.39 is 54.3 Å². The second-order valence-electron chi connectivity index (χ2n) is 8.34. The van der Waals surface area contributed by atoms with Crippen LogP contribution in [0.3, 0.4) is 0 Å². The number of carbonyl (C=O) groups is 5. The van der Waals surface area contributed by atoms with Gasteiger partial charge in [0, 0.05) is 19.3 Å². The summed E-state index contributed by atoms with van der Waals surface area (Å²) in [6, 6.07) is 11.0. The van der Waals surface area contributed by atoms with Gasteiger partial charge in [-0.05, 0) is 29.7 Å². The highest BCUT2D eigenvalue weighted by Gasteiger charge is 2.26. The molecule has 0 saturated carbocycles. The molecule has 0 aliphatic rings. The lowest BCUT2D eigenvalue weighted by Gasteiger charge is -2.21. The molecule has 0 heterocycles. The van der Waals surface area contributed by atoms with Crippen molar-refractivity contribution in [3.05, 3.63) is 65.7 Å². The highest BCUT2D eigenvalue weighted by molar-refractivity contribution is 5.93. The van der Waals surface area contributed by atoms with Crippen molar-refractivity contribution >= 4 is 29.7 Å². The van der Waals surface area contributed by atoms with Gasteiger partial charge in [0.25, 0.3) is 0 Å². The Bertz CT molecular complexity index is 1090. The van der Waals surface area contributed by atoms with Crippen LogP contribution in [0, 0.1) is 0 Å². The molecule has 3 atom stereocenters. The van der Waals surface area contributed by atoms with Gasteiger partial charge in [0.05, 0.1) is 12.6 Å². The maximum Gasteiger partial charge on any atom is 0.326 e. The van der Waals surface area contributed by atoms with Gasteiger partial charge in [-0.3, -0.25) is 19.2 Å². The lowest BCUT2D eigenvalue weighted by atomic mass is 10.0. The molecule has 2 aromatic carbocycles. The van der Waals surface area contributed by atoms with E-state index in [0.717, 1.165) is 0 Å². The third kappa shape index (κ3) is 10.4. The van der Waals surface area contributed by atoms with E-state index >= 15 is 0 Å². The molecule has 0 spiro atoms.